The highest BCUT2D eigenvalue weighted by Gasteiger charge is 2.45. The molecule has 0 aromatic heterocycles. The molecule has 3 rings (SSSR count). The molecule has 1 aliphatic heterocycles. The van der Waals surface area contributed by atoms with Crippen molar-refractivity contribution in [2.45, 2.75) is 76.9 Å². The maximum absolute atomic E-state index is 13.5. The molecule has 162 valence electrons. The summed E-state index contributed by atoms with van der Waals surface area (Å²) in [5.74, 6) is 0.145. The Balaban J connectivity index is 1.72. The lowest BCUT2D eigenvalue weighted by Gasteiger charge is -2.49. The predicted octanol–water partition coefficient (Wildman–Crippen LogP) is 3.56. The van der Waals surface area contributed by atoms with E-state index in [1.54, 1.807) is 0 Å². The molecule has 1 saturated heterocycles. The molecule has 2 atom stereocenters. The zero-order valence-electron chi connectivity index (χ0n) is 19.1. The fraction of sp³-hybridized carbons (Fsp3) is 0.708. The third-order valence-corrected chi connectivity index (χ3v) is 7.29. The van der Waals surface area contributed by atoms with Gasteiger partial charge in [-0.1, -0.05) is 38.0 Å². The lowest BCUT2D eigenvalue weighted by atomic mass is 9.82. The second-order valence-corrected chi connectivity index (χ2v) is 9.20. The number of hydrogen-bond acceptors (Lipinski definition) is 4. The van der Waals surface area contributed by atoms with Gasteiger partial charge < -0.3 is 10.6 Å². The second-order valence-electron chi connectivity index (χ2n) is 9.20. The van der Waals surface area contributed by atoms with Gasteiger partial charge in [-0.25, -0.2) is 0 Å². The molecular formula is C24H40N4O. The Bertz CT molecular complexity index is 672. The topological polar surface area (TPSA) is 47.6 Å². The number of amides is 1. The summed E-state index contributed by atoms with van der Waals surface area (Å²) in [6, 6.07) is 7.40. The molecule has 0 spiro atoms. The quantitative estimate of drug-likeness (QED) is 0.767. The van der Waals surface area contributed by atoms with Crippen molar-refractivity contribution in [1.82, 2.24) is 15.1 Å². The van der Waals surface area contributed by atoms with Gasteiger partial charge in [0.25, 0.3) is 0 Å². The second kappa shape index (κ2) is 9.59. The number of rotatable bonds is 6. The largest absolute Gasteiger partial charge is 0.324 e. The van der Waals surface area contributed by atoms with Crippen molar-refractivity contribution in [1.29, 1.82) is 0 Å². The van der Waals surface area contributed by atoms with Gasteiger partial charge in [0.15, 0.2) is 0 Å². The molecule has 1 amide bonds. The van der Waals surface area contributed by atoms with E-state index in [0.29, 0.717) is 12.1 Å². The maximum Gasteiger partial charge on any atom is 0.244 e. The highest BCUT2D eigenvalue weighted by atomic mass is 16.2. The molecule has 2 fully saturated rings. The molecule has 5 heteroatoms. The fourth-order valence-corrected chi connectivity index (χ4v) is 5.39. The smallest absolute Gasteiger partial charge is 0.244 e. The molecule has 1 aromatic carbocycles. The van der Waals surface area contributed by atoms with E-state index >= 15 is 0 Å². The van der Waals surface area contributed by atoms with Gasteiger partial charge in [0, 0.05) is 30.9 Å². The fourth-order valence-electron chi connectivity index (χ4n) is 5.39. The van der Waals surface area contributed by atoms with Crippen LogP contribution in [0.5, 0.6) is 0 Å². The van der Waals surface area contributed by atoms with Crippen molar-refractivity contribution in [3.05, 3.63) is 29.3 Å². The number of nitrogens with zero attached hydrogens (tertiary/aromatic N) is 2. The average molecular weight is 401 g/mol. The summed E-state index contributed by atoms with van der Waals surface area (Å²) < 4.78 is 0. The van der Waals surface area contributed by atoms with Crippen LogP contribution in [0.1, 0.15) is 56.6 Å². The van der Waals surface area contributed by atoms with Gasteiger partial charge in [0.05, 0.1) is 0 Å². The first-order valence-electron chi connectivity index (χ1n) is 11.4. The number of carbonyl (C=O) groups is 1. The first-order valence-corrected chi connectivity index (χ1v) is 11.4. The van der Waals surface area contributed by atoms with Crippen LogP contribution in [0.2, 0.25) is 0 Å². The minimum atomic E-state index is -0.437. The van der Waals surface area contributed by atoms with E-state index in [1.807, 2.05) is 6.07 Å². The van der Waals surface area contributed by atoms with E-state index in [-0.39, 0.29) is 5.91 Å². The Morgan fingerprint density at radius 1 is 1.14 bits per heavy atom. The molecule has 1 saturated carbocycles. The Hall–Kier alpha value is -1.43. The van der Waals surface area contributed by atoms with E-state index in [2.05, 4.69) is 67.4 Å². The van der Waals surface area contributed by atoms with Crippen molar-refractivity contribution in [3.63, 3.8) is 0 Å². The molecule has 2 aliphatic rings. The normalized spacial score (nSPS) is 25.2. The first-order chi connectivity index (χ1) is 13.9. The summed E-state index contributed by atoms with van der Waals surface area (Å²) in [5.41, 5.74) is 2.79. The predicted molar refractivity (Wildman–Crippen MR) is 121 cm³/mol. The third-order valence-electron chi connectivity index (χ3n) is 7.29. The molecule has 0 radical (unpaired) electrons. The molecule has 29 heavy (non-hydrogen) atoms. The van der Waals surface area contributed by atoms with Crippen LogP contribution in [0.4, 0.5) is 5.69 Å². The van der Waals surface area contributed by atoms with Gasteiger partial charge in [0.1, 0.15) is 5.54 Å². The van der Waals surface area contributed by atoms with Gasteiger partial charge in [-0.05, 0) is 71.3 Å². The Morgan fingerprint density at radius 2 is 1.76 bits per heavy atom. The highest BCUT2D eigenvalue weighted by Crippen LogP contribution is 2.33. The standard InChI is InChI=1S/C24H40N4O/c1-6-25-20-12-7-8-13-21(20)28-16-14-24(15-17-28,27(4)5)23(29)26-22-18(2)10-9-11-19(22)3/h9-11,20-21,25H,6-8,12-17H2,1-5H3,(H,26,29)/t20-,21-/m1/s1. The zero-order valence-corrected chi connectivity index (χ0v) is 19.1. The van der Waals surface area contributed by atoms with Gasteiger partial charge in [-0.3, -0.25) is 14.6 Å². The van der Waals surface area contributed by atoms with Gasteiger partial charge in [0.2, 0.25) is 5.91 Å². The van der Waals surface area contributed by atoms with E-state index in [4.69, 9.17) is 0 Å². The van der Waals surface area contributed by atoms with Crippen LogP contribution in [0.15, 0.2) is 18.2 Å². The van der Waals surface area contributed by atoms with Crippen LogP contribution in [0, 0.1) is 13.8 Å². The lowest BCUT2D eigenvalue weighted by Crippen LogP contribution is -2.62. The van der Waals surface area contributed by atoms with Crippen molar-refractivity contribution in [2.75, 3.05) is 39.0 Å². The van der Waals surface area contributed by atoms with Crippen LogP contribution < -0.4 is 10.6 Å². The SMILES string of the molecule is CCN[C@@H]1CCCC[C@H]1N1CCC(C(=O)Nc2c(C)cccc2C)(N(C)C)CC1. The number of aryl methyl sites for hydroxylation is 2. The van der Waals surface area contributed by atoms with Crippen LogP contribution in [-0.4, -0.2) is 67.1 Å². The van der Waals surface area contributed by atoms with Crippen molar-refractivity contribution in [3.8, 4) is 0 Å². The summed E-state index contributed by atoms with van der Waals surface area (Å²) in [6.45, 7) is 9.36. The molecular weight excluding hydrogens is 360 g/mol. The number of anilines is 1. The Kier molecular flexibility index (Phi) is 7.36. The van der Waals surface area contributed by atoms with Crippen LogP contribution in [-0.2, 0) is 4.79 Å². The van der Waals surface area contributed by atoms with Crippen molar-refractivity contribution < 1.29 is 4.79 Å². The number of para-hydroxylation sites is 1. The number of carbonyl (C=O) groups excluding carboxylic acids is 1. The average Bonchev–Trinajstić information content (AvgIpc) is 2.71. The summed E-state index contributed by atoms with van der Waals surface area (Å²) in [7, 11) is 4.12. The van der Waals surface area contributed by atoms with Gasteiger partial charge in [-0.2, -0.15) is 0 Å². The maximum atomic E-state index is 13.5. The molecule has 5 nitrogen and oxygen atoms in total. The van der Waals surface area contributed by atoms with Crippen LogP contribution >= 0.6 is 0 Å². The monoisotopic (exact) mass is 400 g/mol. The summed E-state index contributed by atoms with van der Waals surface area (Å²) in [6.07, 6.45) is 6.98. The number of piperidine rings is 1. The molecule has 1 heterocycles. The van der Waals surface area contributed by atoms with Gasteiger partial charge in [-0.15, -0.1) is 0 Å². The summed E-state index contributed by atoms with van der Waals surface area (Å²) in [5, 5.41) is 6.99. The van der Waals surface area contributed by atoms with Crippen LogP contribution in [0.3, 0.4) is 0 Å². The highest BCUT2D eigenvalue weighted by molar-refractivity contribution is 5.99. The Morgan fingerprint density at radius 3 is 2.34 bits per heavy atom. The molecule has 0 unspecified atom stereocenters. The van der Waals surface area contributed by atoms with E-state index in [0.717, 1.165) is 49.3 Å². The third kappa shape index (κ3) is 4.68. The van der Waals surface area contributed by atoms with E-state index in [1.165, 1.54) is 25.7 Å². The van der Waals surface area contributed by atoms with Crippen molar-refractivity contribution >= 4 is 11.6 Å². The van der Waals surface area contributed by atoms with Crippen molar-refractivity contribution in [2.24, 2.45) is 0 Å². The minimum absolute atomic E-state index is 0.145. The molecule has 1 aromatic rings. The zero-order chi connectivity index (χ0) is 21.0. The van der Waals surface area contributed by atoms with E-state index in [9.17, 15) is 4.79 Å². The summed E-state index contributed by atoms with van der Waals surface area (Å²) in [4.78, 5) is 18.3. The number of likely N-dealkylation sites (N-methyl/N-ethyl adjacent to an activating group) is 2. The summed E-state index contributed by atoms with van der Waals surface area (Å²) >= 11 is 0. The number of nitrogens with one attached hydrogen (secondary N) is 2. The lowest BCUT2D eigenvalue weighted by molar-refractivity contribution is -0.130. The minimum Gasteiger partial charge on any atom is -0.324 e. The first kappa shape index (κ1) is 22.3. The van der Waals surface area contributed by atoms with Crippen LogP contribution in [0.25, 0.3) is 0 Å². The van der Waals surface area contributed by atoms with E-state index < -0.39 is 5.54 Å². The molecule has 0 bridgehead atoms. The molecule has 2 N–H and O–H groups in total. The Labute approximate surface area is 177 Å². The van der Waals surface area contributed by atoms with Gasteiger partial charge >= 0.3 is 0 Å². The number of benzene rings is 1. The number of hydrogen-bond donors (Lipinski definition) is 2. The molecule has 1 aliphatic carbocycles. The number of likely N-dealkylation sites (tertiary alicyclic amines) is 1.